The molecule has 0 aliphatic rings. The molecular weight excluding hydrogens is 183 g/mol. The Bertz CT molecular complexity index is 56.6. The third-order valence-corrected chi connectivity index (χ3v) is 0.757. The van der Waals surface area contributed by atoms with Crippen LogP contribution in [0.1, 0.15) is 0 Å². The first kappa shape index (κ1) is 22.5. The summed E-state index contributed by atoms with van der Waals surface area (Å²) in [5.74, 6) is 0. The van der Waals surface area contributed by atoms with Crippen molar-refractivity contribution in [2.24, 2.45) is 0 Å². The number of rotatable bonds is 4. The van der Waals surface area contributed by atoms with Crippen LogP contribution in [-0.2, 0) is 9.47 Å². The van der Waals surface area contributed by atoms with Gasteiger partial charge in [0.15, 0.2) is 0 Å². The van der Waals surface area contributed by atoms with E-state index in [0.717, 1.165) is 0 Å². The fourth-order valence-corrected chi connectivity index (χ4v) is 0.536. The van der Waals surface area contributed by atoms with Gasteiger partial charge in [-0.2, -0.15) is 4.31 Å². The molecule has 0 saturated carbocycles. The maximum Gasteiger partial charge on any atom is 0.111 e. The first-order chi connectivity index (χ1) is 3.81. The Balaban J connectivity index is -0.0000000817. The summed E-state index contributed by atoms with van der Waals surface area (Å²) in [7, 11) is 3.18. The second-order valence-corrected chi connectivity index (χ2v) is 1.83. The van der Waals surface area contributed by atoms with Crippen LogP contribution in [0.4, 0.5) is 14.1 Å². The molecule has 0 rings (SSSR count). The quantitative estimate of drug-likeness (QED) is 0.628. The van der Waals surface area contributed by atoms with Crippen molar-refractivity contribution in [3.63, 3.8) is 0 Å². The molecule has 73 valence electrons. The highest BCUT2D eigenvalue weighted by Gasteiger charge is 1.93. The molecule has 0 amide bonds. The molecule has 0 aliphatic heterocycles. The van der Waals surface area contributed by atoms with Crippen LogP contribution in [0.2, 0.25) is 0 Å². The van der Waals surface area contributed by atoms with Gasteiger partial charge in [-0.1, -0.05) is 0 Å². The molecule has 0 aliphatic carbocycles. The zero-order valence-electron chi connectivity index (χ0n) is 6.31. The van der Waals surface area contributed by atoms with Gasteiger partial charge in [-0.3, -0.25) is 14.1 Å². The second kappa shape index (κ2) is 16.5. The summed E-state index contributed by atoms with van der Waals surface area (Å²) in [5.41, 5.74) is 0. The van der Waals surface area contributed by atoms with E-state index in [4.69, 9.17) is 22.3 Å². The average molecular weight is 196 g/mol. The van der Waals surface area contributed by atoms with Crippen molar-refractivity contribution in [2.45, 2.75) is 0 Å². The lowest BCUT2D eigenvalue weighted by atomic mass is 11.1. The van der Waals surface area contributed by atoms with E-state index in [0.29, 0.717) is 13.5 Å². The van der Waals surface area contributed by atoms with Crippen molar-refractivity contribution in [2.75, 3.05) is 27.7 Å². The topological polar surface area (TPSA) is 21.7 Å². The molecule has 0 bridgehead atoms. The van der Waals surface area contributed by atoms with Crippen LogP contribution in [0.25, 0.3) is 0 Å². The van der Waals surface area contributed by atoms with E-state index in [-0.39, 0.29) is 14.1 Å². The summed E-state index contributed by atoms with van der Waals surface area (Å²) in [4.78, 5) is 0. The van der Waals surface area contributed by atoms with Crippen LogP contribution in [0, 0.1) is 0 Å². The Hall–Kier alpha value is 0.0200. The van der Waals surface area contributed by atoms with Crippen molar-refractivity contribution in [3.8, 4) is 0 Å². The minimum absolute atomic E-state index is 0. The summed E-state index contributed by atoms with van der Waals surface area (Å²) >= 11 is 4.72. The molecule has 0 atom stereocenters. The van der Waals surface area contributed by atoms with Crippen LogP contribution in [-0.4, -0.2) is 32.0 Å². The highest BCUT2D eigenvalue weighted by atomic mass is 32.1. The van der Waals surface area contributed by atoms with Gasteiger partial charge in [0.2, 0.25) is 0 Å². The largest absolute Gasteiger partial charge is 0.368 e. The Morgan fingerprint density at radius 2 is 1.27 bits per heavy atom. The minimum atomic E-state index is 0. The summed E-state index contributed by atoms with van der Waals surface area (Å²) < 4.78 is 10.9. The van der Waals surface area contributed by atoms with E-state index in [1.807, 2.05) is 0 Å². The van der Waals surface area contributed by atoms with Gasteiger partial charge in [0.1, 0.15) is 13.5 Å². The molecular formula is C4H13F3NO2S. The highest BCUT2D eigenvalue weighted by molar-refractivity contribution is 7.77. The summed E-state index contributed by atoms with van der Waals surface area (Å²) in [6.07, 6.45) is 0. The maximum atomic E-state index is 4.72. The third kappa shape index (κ3) is 17.8. The predicted octanol–water partition coefficient (Wildman–Crippen LogP) is 1.07. The molecule has 0 saturated heterocycles. The molecule has 11 heavy (non-hydrogen) atoms. The fraction of sp³-hybridized carbons (Fsp3) is 1.00. The molecule has 1 radical (unpaired) electrons. The molecule has 0 fully saturated rings. The fourth-order valence-electron chi connectivity index (χ4n) is 0.325. The van der Waals surface area contributed by atoms with Gasteiger partial charge < -0.3 is 9.47 Å². The Morgan fingerprint density at radius 1 is 1.00 bits per heavy atom. The number of nitrogens with zero attached hydrogens (tertiary/aromatic N) is 1. The van der Waals surface area contributed by atoms with E-state index in [2.05, 4.69) is 0 Å². The summed E-state index contributed by atoms with van der Waals surface area (Å²) in [6, 6.07) is 0. The van der Waals surface area contributed by atoms with Crippen molar-refractivity contribution in [3.05, 3.63) is 0 Å². The van der Waals surface area contributed by atoms with Crippen LogP contribution in [0.15, 0.2) is 0 Å². The zero-order chi connectivity index (χ0) is 6.41. The van der Waals surface area contributed by atoms with Crippen molar-refractivity contribution >= 4 is 12.8 Å². The van der Waals surface area contributed by atoms with Gasteiger partial charge in [-0.25, -0.2) is 0 Å². The molecule has 7 heteroatoms. The Labute approximate surface area is 69.3 Å². The van der Waals surface area contributed by atoms with Crippen LogP contribution < -0.4 is 0 Å². The van der Waals surface area contributed by atoms with E-state index in [9.17, 15) is 0 Å². The lowest BCUT2D eigenvalue weighted by Gasteiger charge is -2.09. The van der Waals surface area contributed by atoms with Crippen LogP contribution in [0.3, 0.4) is 0 Å². The van der Waals surface area contributed by atoms with Gasteiger partial charge in [0.25, 0.3) is 0 Å². The van der Waals surface area contributed by atoms with E-state index < -0.39 is 0 Å². The number of halogens is 3. The molecule has 0 unspecified atom stereocenters. The van der Waals surface area contributed by atoms with Gasteiger partial charge in [0, 0.05) is 27.0 Å². The summed E-state index contributed by atoms with van der Waals surface area (Å²) in [5, 5.41) is 0. The standard InChI is InChI=1S/C4H10NO2S.3FH/c1-6-3-5(8)4-7-2;;;/h3-4H2,1-2H3;3*1H. The SMILES string of the molecule is COCN([S])COC.F.F.F. The zero-order valence-corrected chi connectivity index (χ0v) is 7.13. The number of methoxy groups -OCH3 is 2. The smallest absolute Gasteiger partial charge is 0.111 e. The normalized spacial score (nSPS) is 7.64. The van der Waals surface area contributed by atoms with Gasteiger partial charge in [-0.15, -0.1) is 0 Å². The molecule has 0 aromatic heterocycles. The van der Waals surface area contributed by atoms with Crippen molar-refractivity contribution in [1.82, 2.24) is 4.31 Å². The molecule has 0 aromatic carbocycles. The molecule has 3 nitrogen and oxygen atoms in total. The minimum Gasteiger partial charge on any atom is -0.368 e. The van der Waals surface area contributed by atoms with E-state index in [1.165, 1.54) is 4.31 Å². The Morgan fingerprint density at radius 3 is 1.45 bits per heavy atom. The number of hydrogen-bond acceptors (Lipinski definition) is 3. The predicted molar refractivity (Wildman–Crippen MR) is 40.7 cm³/mol. The third-order valence-electron chi connectivity index (χ3n) is 0.546. The Kier molecular flexibility index (Phi) is 33.8. The highest BCUT2D eigenvalue weighted by Crippen LogP contribution is 1.90. The van der Waals surface area contributed by atoms with Gasteiger partial charge in [0.05, 0.1) is 0 Å². The first-order valence-corrected chi connectivity index (χ1v) is 2.57. The number of hydrogen-bond donors (Lipinski definition) is 0. The maximum absolute atomic E-state index is 4.72. The first-order valence-electron chi connectivity index (χ1n) is 2.21. The number of ether oxygens (including phenoxy) is 2. The van der Waals surface area contributed by atoms with Crippen LogP contribution in [0.5, 0.6) is 0 Å². The molecule has 0 heterocycles. The molecule has 0 N–H and O–H groups in total. The van der Waals surface area contributed by atoms with Crippen LogP contribution >= 0.6 is 12.8 Å². The van der Waals surface area contributed by atoms with Gasteiger partial charge in [-0.05, 0) is 0 Å². The molecule has 0 aromatic rings. The van der Waals surface area contributed by atoms with Gasteiger partial charge >= 0.3 is 0 Å². The summed E-state index contributed by atoms with van der Waals surface area (Å²) in [6.45, 7) is 0.867. The van der Waals surface area contributed by atoms with Crippen molar-refractivity contribution in [1.29, 1.82) is 0 Å². The van der Waals surface area contributed by atoms with Crippen molar-refractivity contribution < 1.29 is 23.6 Å². The van der Waals surface area contributed by atoms with E-state index >= 15 is 0 Å². The average Bonchev–Trinajstić information content (AvgIpc) is 1.68. The molecule has 0 spiro atoms. The monoisotopic (exact) mass is 196 g/mol. The van der Waals surface area contributed by atoms with E-state index in [1.54, 1.807) is 14.2 Å². The lowest BCUT2D eigenvalue weighted by Crippen LogP contribution is -2.17. The lowest BCUT2D eigenvalue weighted by molar-refractivity contribution is 0.0489. The second-order valence-electron chi connectivity index (χ2n) is 1.32.